The predicted octanol–water partition coefficient (Wildman–Crippen LogP) is 4.34. The van der Waals surface area contributed by atoms with Crippen LogP contribution in [-0.4, -0.2) is 57.9 Å². The van der Waals surface area contributed by atoms with E-state index in [-0.39, 0.29) is 17.4 Å². The van der Waals surface area contributed by atoms with E-state index < -0.39 is 16.1 Å². The third kappa shape index (κ3) is 5.39. The number of amides is 2. The number of carbonyl (C=O) groups excluding carboxylic acids is 2. The maximum absolute atomic E-state index is 13.1. The normalized spacial score (nSPS) is 15.6. The fourth-order valence-corrected chi connectivity index (χ4v) is 5.98. The quantitative estimate of drug-likeness (QED) is 0.383. The minimum atomic E-state index is -3.50. The van der Waals surface area contributed by atoms with Crippen molar-refractivity contribution < 1.29 is 18.0 Å². The Morgan fingerprint density at radius 1 is 1.03 bits per heavy atom. The van der Waals surface area contributed by atoms with Gasteiger partial charge in [-0.25, -0.2) is 13.4 Å². The van der Waals surface area contributed by atoms with Gasteiger partial charge in [0.15, 0.2) is 5.13 Å². The van der Waals surface area contributed by atoms with Crippen LogP contribution in [0.25, 0.3) is 22.4 Å². The van der Waals surface area contributed by atoms with Crippen LogP contribution < -0.4 is 5.32 Å². The van der Waals surface area contributed by atoms with Gasteiger partial charge in [-0.1, -0.05) is 18.2 Å². The summed E-state index contributed by atoms with van der Waals surface area (Å²) in [5.74, 6) is -0.681. The molecule has 1 aromatic carbocycles. The van der Waals surface area contributed by atoms with Crippen LogP contribution in [0, 0.1) is 13.8 Å². The molecular formula is C27H27N5O4S2. The highest BCUT2D eigenvalue weighted by atomic mass is 32.2. The Kier molecular flexibility index (Phi) is 6.89. The van der Waals surface area contributed by atoms with Gasteiger partial charge in [0.1, 0.15) is 6.04 Å². The number of hydrogen-bond acceptors (Lipinski definition) is 7. The zero-order chi connectivity index (χ0) is 27.0. The highest BCUT2D eigenvalue weighted by molar-refractivity contribution is 7.89. The summed E-state index contributed by atoms with van der Waals surface area (Å²) >= 11 is 1.32. The number of pyridine rings is 1. The third-order valence-corrected chi connectivity index (χ3v) is 8.17. The molecule has 1 fully saturated rings. The van der Waals surface area contributed by atoms with Crippen LogP contribution in [0.3, 0.4) is 0 Å². The second kappa shape index (κ2) is 10.1. The van der Waals surface area contributed by atoms with Crippen molar-refractivity contribution in [1.82, 2.24) is 18.8 Å². The molecule has 196 valence electrons. The molecule has 1 atom stereocenters. The number of rotatable bonds is 6. The second-order valence-electron chi connectivity index (χ2n) is 9.40. The van der Waals surface area contributed by atoms with Gasteiger partial charge in [0, 0.05) is 41.3 Å². The summed E-state index contributed by atoms with van der Waals surface area (Å²) in [6.07, 6.45) is 4.88. The molecule has 3 aromatic heterocycles. The topological polar surface area (TPSA) is 114 Å². The minimum Gasteiger partial charge on any atom is -0.327 e. The van der Waals surface area contributed by atoms with Gasteiger partial charge >= 0.3 is 0 Å². The SMILES string of the molecule is Cc1cc(-c2cccc(-c3csc(NC(=O)[C@@H]4CCCN4C(=O)c4ccn(S(C)(=O)=O)c4)n3)c2)cc(C)n1. The van der Waals surface area contributed by atoms with Gasteiger partial charge in [-0.15, -0.1) is 11.3 Å². The molecule has 0 bridgehead atoms. The zero-order valence-corrected chi connectivity index (χ0v) is 22.8. The summed E-state index contributed by atoms with van der Waals surface area (Å²) in [4.78, 5) is 36.7. The largest absolute Gasteiger partial charge is 0.327 e. The van der Waals surface area contributed by atoms with E-state index in [2.05, 4.69) is 21.4 Å². The molecule has 1 saturated heterocycles. The van der Waals surface area contributed by atoms with Crippen LogP contribution in [0.1, 0.15) is 34.6 Å². The third-order valence-electron chi connectivity index (χ3n) is 6.42. The second-order valence-corrected chi connectivity index (χ2v) is 12.1. The molecule has 0 aliphatic carbocycles. The lowest BCUT2D eigenvalue weighted by Crippen LogP contribution is -2.43. The van der Waals surface area contributed by atoms with Crippen LogP contribution in [0.2, 0.25) is 0 Å². The molecule has 0 spiro atoms. The molecule has 1 N–H and O–H groups in total. The highest BCUT2D eigenvalue weighted by Gasteiger charge is 2.35. The molecule has 4 aromatic rings. The first-order valence-electron chi connectivity index (χ1n) is 12.1. The number of anilines is 1. The van der Waals surface area contributed by atoms with Crippen molar-refractivity contribution in [1.29, 1.82) is 0 Å². The van der Waals surface area contributed by atoms with Gasteiger partial charge in [0.25, 0.3) is 5.91 Å². The molecule has 4 heterocycles. The molecule has 1 aliphatic heterocycles. The number of thiazole rings is 1. The molecule has 0 unspecified atom stereocenters. The molecule has 5 rings (SSSR count). The summed E-state index contributed by atoms with van der Waals surface area (Å²) in [7, 11) is -3.50. The average Bonchev–Trinajstić information content (AvgIpc) is 3.63. The van der Waals surface area contributed by atoms with E-state index >= 15 is 0 Å². The van der Waals surface area contributed by atoms with Gasteiger partial charge in [-0.05, 0) is 62.1 Å². The Morgan fingerprint density at radius 3 is 2.47 bits per heavy atom. The number of carbonyl (C=O) groups is 2. The zero-order valence-electron chi connectivity index (χ0n) is 21.2. The number of hydrogen-bond donors (Lipinski definition) is 1. The maximum Gasteiger partial charge on any atom is 0.256 e. The van der Waals surface area contributed by atoms with Gasteiger partial charge in [0.2, 0.25) is 15.9 Å². The first-order chi connectivity index (χ1) is 18.1. The van der Waals surface area contributed by atoms with Crippen molar-refractivity contribution in [3.8, 4) is 22.4 Å². The van der Waals surface area contributed by atoms with Crippen molar-refractivity contribution in [2.24, 2.45) is 0 Å². The predicted molar refractivity (Wildman–Crippen MR) is 148 cm³/mol. The Hall–Kier alpha value is -3.83. The first-order valence-corrected chi connectivity index (χ1v) is 14.8. The fraction of sp³-hybridized carbons (Fsp3) is 0.259. The lowest BCUT2D eigenvalue weighted by atomic mass is 10.0. The van der Waals surface area contributed by atoms with E-state index in [1.165, 1.54) is 34.7 Å². The molecule has 0 saturated carbocycles. The minimum absolute atomic E-state index is 0.228. The number of aromatic nitrogens is 3. The molecule has 1 aliphatic rings. The number of benzene rings is 1. The lowest BCUT2D eigenvalue weighted by Gasteiger charge is -2.23. The number of likely N-dealkylation sites (tertiary alicyclic amines) is 1. The monoisotopic (exact) mass is 549 g/mol. The molecule has 38 heavy (non-hydrogen) atoms. The molecule has 0 radical (unpaired) electrons. The van der Waals surface area contributed by atoms with Gasteiger partial charge in [0.05, 0.1) is 17.5 Å². The molecular weight excluding hydrogens is 522 g/mol. The highest BCUT2D eigenvalue weighted by Crippen LogP contribution is 2.30. The van der Waals surface area contributed by atoms with Gasteiger partial charge < -0.3 is 10.2 Å². The average molecular weight is 550 g/mol. The summed E-state index contributed by atoms with van der Waals surface area (Å²) in [6.45, 7) is 4.37. The number of nitrogens with one attached hydrogen (secondary N) is 1. The van der Waals surface area contributed by atoms with E-state index in [0.717, 1.165) is 44.0 Å². The summed E-state index contributed by atoms with van der Waals surface area (Å²) < 4.78 is 24.5. The maximum atomic E-state index is 13.1. The fourth-order valence-electron chi connectivity index (χ4n) is 4.67. The molecule has 9 nitrogen and oxygen atoms in total. The van der Waals surface area contributed by atoms with Gasteiger partial charge in [-0.2, -0.15) is 0 Å². The Bertz CT molecular complexity index is 1620. The first kappa shape index (κ1) is 25.8. The molecule has 2 amide bonds. The van der Waals surface area contributed by atoms with E-state index in [1.54, 1.807) is 0 Å². The van der Waals surface area contributed by atoms with Crippen molar-refractivity contribution in [2.45, 2.75) is 32.7 Å². The van der Waals surface area contributed by atoms with E-state index in [0.29, 0.717) is 24.5 Å². The van der Waals surface area contributed by atoms with Gasteiger partial charge in [-0.3, -0.25) is 18.5 Å². The summed E-state index contributed by atoms with van der Waals surface area (Å²) in [5, 5.41) is 5.21. The smallest absolute Gasteiger partial charge is 0.256 e. The lowest BCUT2D eigenvalue weighted by molar-refractivity contribution is -0.119. The van der Waals surface area contributed by atoms with Crippen LogP contribution in [0.5, 0.6) is 0 Å². The van der Waals surface area contributed by atoms with E-state index in [9.17, 15) is 18.0 Å². The van der Waals surface area contributed by atoms with Crippen LogP contribution in [0.4, 0.5) is 5.13 Å². The van der Waals surface area contributed by atoms with E-state index in [4.69, 9.17) is 0 Å². The Labute approximate surface area is 225 Å². The van der Waals surface area contributed by atoms with Crippen molar-refractivity contribution in [2.75, 3.05) is 18.1 Å². The van der Waals surface area contributed by atoms with Crippen molar-refractivity contribution >= 4 is 38.3 Å². The van der Waals surface area contributed by atoms with Crippen LogP contribution in [0.15, 0.2) is 60.2 Å². The molecule has 11 heteroatoms. The summed E-state index contributed by atoms with van der Waals surface area (Å²) in [6, 6.07) is 13.0. The van der Waals surface area contributed by atoms with Crippen molar-refractivity contribution in [3.63, 3.8) is 0 Å². The van der Waals surface area contributed by atoms with Crippen LogP contribution >= 0.6 is 11.3 Å². The number of nitrogens with zero attached hydrogens (tertiary/aromatic N) is 4. The van der Waals surface area contributed by atoms with Crippen LogP contribution in [-0.2, 0) is 14.8 Å². The summed E-state index contributed by atoms with van der Waals surface area (Å²) in [5.41, 5.74) is 5.95. The Balaban J connectivity index is 1.30. The Morgan fingerprint density at radius 2 is 1.76 bits per heavy atom. The van der Waals surface area contributed by atoms with Crippen molar-refractivity contribution in [3.05, 3.63) is 77.2 Å². The number of aryl methyl sites for hydroxylation is 2. The standard InChI is InChI=1S/C27H27N5O4S2/c1-17-12-22(13-18(2)28-17)19-6-4-7-20(14-19)23-16-37-27(29-23)30-25(33)24-8-5-10-32(24)26(34)21-9-11-31(15-21)38(3,35)36/h4,6-7,9,11-16,24H,5,8,10H2,1-3H3,(H,29,30,33)/t24-/m0/s1. The van der Waals surface area contributed by atoms with E-state index in [1.807, 2.05) is 49.6 Å².